The van der Waals surface area contributed by atoms with Crippen LogP contribution in [0.3, 0.4) is 0 Å². The number of hydrogen-bond acceptors (Lipinski definition) is 9. The van der Waals surface area contributed by atoms with Crippen molar-refractivity contribution in [3.8, 4) is 22.9 Å². The highest BCUT2D eigenvalue weighted by Crippen LogP contribution is 2.30. The van der Waals surface area contributed by atoms with Crippen molar-refractivity contribution in [1.82, 2.24) is 19.5 Å². The Morgan fingerprint density at radius 3 is 1.98 bits per heavy atom. The first-order valence-corrected chi connectivity index (χ1v) is 16.6. The highest BCUT2D eigenvalue weighted by molar-refractivity contribution is 5.83. The molecule has 48 heavy (non-hydrogen) atoms. The summed E-state index contributed by atoms with van der Waals surface area (Å²) in [5, 5.41) is 3.36. The van der Waals surface area contributed by atoms with Gasteiger partial charge in [0, 0.05) is 30.9 Å². The van der Waals surface area contributed by atoms with Crippen LogP contribution in [0.15, 0.2) is 93.8 Å². The molecule has 4 aromatic carbocycles. The van der Waals surface area contributed by atoms with Gasteiger partial charge in [0.05, 0.1) is 41.2 Å². The molecule has 0 radical (unpaired) electrons. The van der Waals surface area contributed by atoms with E-state index in [-0.39, 0.29) is 6.10 Å². The van der Waals surface area contributed by atoms with Crippen LogP contribution < -0.4 is 11.1 Å². The summed E-state index contributed by atoms with van der Waals surface area (Å²) >= 11 is 0. The molecular formula is C38H38N6O4. The molecule has 10 nitrogen and oxygen atoms in total. The average molecular weight is 643 g/mol. The number of oxazole rings is 2. The van der Waals surface area contributed by atoms with Gasteiger partial charge in [0.15, 0.2) is 11.2 Å². The third-order valence-electron chi connectivity index (χ3n) is 9.03. The summed E-state index contributed by atoms with van der Waals surface area (Å²) < 4.78 is 25.3. The molecule has 0 bridgehead atoms. The third kappa shape index (κ3) is 6.24. The molecule has 2 saturated heterocycles. The Labute approximate surface area is 277 Å². The van der Waals surface area contributed by atoms with E-state index in [9.17, 15) is 0 Å². The van der Waals surface area contributed by atoms with Crippen LogP contribution in [0.2, 0.25) is 0 Å². The Hall–Kier alpha value is -5.19. The first kappa shape index (κ1) is 30.2. The van der Waals surface area contributed by atoms with Crippen LogP contribution in [-0.4, -0.2) is 51.5 Å². The first-order valence-electron chi connectivity index (χ1n) is 16.6. The number of rotatable bonds is 7. The van der Waals surface area contributed by atoms with Crippen LogP contribution in [-0.2, 0) is 16.0 Å². The minimum Gasteiger partial charge on any atom is -0.436 e. The molecule has 2 aliphatic heterocycles. The molecule has 5 heterocycles. The van der Waals surface area contributed by atoms with Gasteiger partial charge in [-0.1, -0.05) is 24.3 Å². The topological polar surface area (TPSA) is 126 Å². The van der Waals surface area contributed by atoms with Crippen molar-refractivity contribution < 1.29 is 18.3 Å². The molecule has 2 atom stereocenters. The molecule has 2 fully saturated rings. The van der Waals surface area contributed by atoms with E-state index in [1.54, 1.807) is 0 Å². The number of imidazole rings is 1. The van der Waals surface area contributed by atoms with E-state index in [0.717, 1.165) is 108 Å². The lowest BCUT2D eigenvalue weighted by atomic mass is 10.1. The fourth-order valence-corrected chi connectivity index (χ4v) is 6.48. The zero-order valence-electron chi connectivity index (χ0n) is 26.9. The lowest BCUT2D eigenvalue weighted by Gasteiger charge is -2.14. The highest BCUT2D eigenvalue weighted by Gasteiger charge is 2.20. The van der Waals surface area contributed by atoms with Crippen molar-refractivity contribution in [2.45, 2.75) is 51.4 Å². The summed E-state index contributed by atoms with van der Waals surface area (Å²) in [6.45, 7) is 5.43. The zero-order chi connectivity index (χ0) is 32.5. The SMILES string of the molecule is Cc1nc2cc(-c3nc4ccccc4o3)ccc2n1CC1CCCO1.Nc1cc(-c2nc3ccccc3o2)ccc1NCC1CCCO1. The van der Waals surface area contributed by atoms with Crippen LogP contribution in [0.4, 0.5) is 11.4 Å². The number of ether oxygens (including phenoxy) is 2. The molecule has 3 aromatic heterocycles. The number of nitrogens with zero attached hydrogens (tertiary/aromatic N) is 4. The molecule has 2 aliphatic rings. The third-order valence-corrected chi connectivity index (χ3v) is 9.03. The fourth-order valence-electron chi connectivity index (χ4n) is 6.48. The van der Waals surface area contributed by atoms with Gasteiger partial charge in [-0.25, -0.2) is 15.0 Å². The van der Waals surface area contributed by atoms with Gasteiger partial charge < -0.3 is 33.9 Å². The number of nitrogens with two attached hydrogens (primary N) is 1. The molecular weight excluding hydrogens is 604 g/mol. The number of benzene rings is 4. The Bertz CT molecular complexity index is 2120. The summed E-state index contributed by atoms with van der Waals surface area (Å²) in [6, 6.07) is 27.6. The minimum atomic E-state index is 0.283. The van der Waals surface area contributed by atoms with Crippen molar-refractivity contribution in [3.63, 3.8) is 0 Å². The molecule has 7 aromatic rings. The average Bonchev–Trinajstić information content (AvgIpc) is 3.95. The Kier molecular flexibility index (Phi) is 8.25. The molecule has 10 heteroatoms. The van der Waals surface area contributed by atoms with Crippen molar-refractivity contribution >= 4 is 44.6 Å². The number of fused-ring (bicyclic) bond motifs is 3. The predicted octanol–water partition coefficient (Wildman–Crippen LogP) is 8.00. The first-order chi connectivity index (χ1) is 23.6. The molecule has 0 aliphatic carbocycles. The van der Waals surface area contributed by atoms with E-state index in [1.807, 2.05) is 73.7 Å². The molecule has 0 spiro atoms. The normalized spacial score (nSPS) is 17.7. The molecule has 2 unspecified atom stereocenters. The van der Waals surface area contributed by atoms with Crippen molar-refractivity contribution in [3.05, 3.63) is 90.8 Å². The van der Waals surface area contributed by atoms with Crippen LogP contribution in [0, 0.1) is 6.92 Å². The minimum absolute atomic E-state index is 0.283. The summed E-state index contributed by atoms with van der Waals surface area (Å²) in [7, 11) is 0. The number of para-hydroxylation sites is 4. The van der Waals surface area contributed by atoms with Crippen molar-refractivity contribution in [1.29, 1.82) is 0 Å². The highest BCUT2D eigenvalue weighted by atomic mass is 16.5. The van der Waals surface area contributed by atoms with E-state index < -0.39 is 0 Å². The predicted molar refractivity (Wildman–Crippen MR) is 188 cm³/mol. The molecule has 0 amide bonds. The maximum absolute atomic E-state index is 6.16. The van der Waals surface area contributed by atoms with Gasteiger partial charge >= 0.3 is 0 Å². The summed E-state index contributed by atoms with van der Waals surface area (Å²) in [6.07, 6.45) is 5.10. The lowest BCUT2D eigenvalue weighted by Crippen LogP contribution is -2.18. The van der Waals surface area contributed by atoms with E-state index in [0.29, 0.717) is 23.6 Å². The number of nitrogen functional groups attached to an aromatic ring is 1. The summed E-state index contributed by atoms with van der Waals surface area (Å²) in [5.41, 5.74) is 15.0. The van der Waals surface area contributed by atoms with Gasteiger partial charge in [-0.05, 0) is 93.3 Å². The van der Waals surface area contributed by atoms with E-state index >= 15 is 0 Å². The zero-order valence-corrected chi connectivity index (χ0v) is 26.9. The van der Waals surface area contributed by atoms with Gasteiger partial charge in [0.25, 0.3) is 0 Å². The second-order valence-electron chi connectivity index (χ2n) is 12.4. The second kappa shape index (κ2) is 13.1. The van der Waals surface area contributed by atoms with Crippen LogP contribution in [0.1, 0.15) is 31.5 Å². The number of aromatic nitrogens is 4. The molecule has 244 valence electrons. The van der Waals surface area contributed by atoms with E-state index in [1.165, 1.54) is 0 Å². The van der Waals surface area contributed by atoms with Gasteiger partial charge in [-0.2, -0.15) is 0 Å². The fraction of sp³-hybridized carbons (Fsp3) is 0.289. The van der Waals surface area contributed by atoms with Crippen LogP contribution in [0.5, 0.6) is 0 Å². The number of aryl methyl sites for hydroxylation is 1. The Morgan fingerprint density at radius 1 is 0.729 bits per heavy atom. The quantitative estimate of drug-likeness (QED) is 0.166. The van der Waals surface area contributed by atoms with Gasteiger partial charge in [0.1, 0.15) is 16.9 Å². The van der Waals surface area contributed by atoms with Gasteiger partial charge in [0.2, 0.25) is 11.8 Å². The Balaban J connectivity index is 0.000000141. The smallest absolute Gasteiger partial charge is 0.227 e. The molecule has 3 N–H and O–H groups in total. The summed E-state index contributed by atoms with van der Waals surface area (Å²) in [4.78, 5) is 13.8. The number of anilines is 2. The van der Waals surface area contributed by atoms with Crippen LogP contribution >= 0.6 is 0 Å². The number of nitrogens with one attached hydrogen (secondary N) is 1. The molecule has 0 saturated carbocycles. The lowest BCUT2D eigenvalue weighted by molar-refractivity contribution is 0.0974. The van der Waals surface area contributed by atoms with Gasteiger partial charge in [-0.3, -0.25) is 0 Å². The van der Waals surface area contributed by atoms with E-state index in [2.05, 4.69) is 38.1 Å². The standard InChI is InChI=1S/C20H19N3O2.C18H19N3O2/c1-13-21-17-11-14(20-22-16-6-2-3-7-19(16)25-20)8-9-18(17)23(13)12-15-5-4-10-24-15;19-14-10-12(18-21-16-5-1-2-6-17(16)23-18)7-8-15(14)20-11-13-4-3-9-22-13/h2-3,6-9,11,15H,4-5,10,12H2,1H3;1-2,5-8,10,13,20H,3-4,9,11,19H2. The van der Waals surface area contributed by atoms with Gasteiger partial charge in [-0.15, -0.1) is 0 Å². The van der Waals surface area contributed by atoms with Crippen molar-refractivity contribution in [2.24, 2.45) is 0 Å². The maximum Gasteiger partial charge on any atom is 0.227 e. The maximum atomic E-state index is 6.16. The van der Waals surface area contributed by atoms with Crippen LogP contribution in [0.25, 0.3) is 56.1 Å². The summed E-state index contributed by atoms with van der Waals surface area (Å²) in [5.74, 6) is 2.23. The van der Waals surface area contributed by atoms with Crippen molar-refractivity contribution in [2.75, 3.05) is 30.8 Å². The largest absolute Gasteiger partial charge is 0.436 e. The van der Waals surface area contributed by atoms with E-state index in [4.69, 9.17) is 29.0 Å². The Morgan fingerprint density at radius 2 is 1.35 bits per heavy atom. The molecule has 9 rings (SSSR count). The second-order valence-corrected chi connectivity index (χ2v) is 12.4. The monoisotopic (exact) mass is 642 g/mol. The number of hydrogen-bond donors (Lipinski definition) is 2.